The van der Waals surface area contributed by atoms with Gasteiger partial charge in [0.2, 0.25) is 0 Å². The second kappa shape index (κ2) is 10.8. The van der Waals surface area contributed by atoms with Crippen molar-refractivity contribution < 1.29 is 75.0 Å². The summed E-state index contributed by atoms with van der Waals surface area (Å²) in [6.45, 7) is 2.22. The average Bonchev–Trinajstić information content (AvgIpc) is 2.36. The number of rotatable bonds is 3. The number of hydrogen-bond acceptors (Lipinski definition) is 1. The molecule has 0 aromatic heterocycles. The van der Waals surface area contributed by atoms with E-state index in [0.29, 0.717) is 0 Å². The fraction of sp³-hybridized carbons (Fsp3) is 0.333. The molecule has 0 heterocycles. The van der Waals surface area contributed by atoms with Crippen LogP contribution in [0.2, 0.25) is 0 Å². The average molecular weight is 430 g/mol. The van der Waals surface area contributed by atoms with Crippen molar-refractivity contribution in [3.63, 3.8) is 0 Å². The molecule has 0 bridgehead atoms. The SMILES string of the molecule is C=C(F)F.FC(F)=C(F)F.FC(F)=C(F)OC(F)(F)C(F)(F)C(F)(F)F. The standard InChI is InChI=1S/C5F10O.C2F4.C2H2F2/c6-1(7)2(8)16-5(14,15)3(9,10)4(11,12)13;3-1(4)2(5)6;1-2(3)4/h;;1H2. The van der Waals surface area contributed by atoms with Crippen molar-refractivity contribution in [2.45, 2.75) is 18.2 Å². The summed E-state index contributed by atoms with van der Waals surface area (Å²) in [5.41, 5.74) is 0. The van der Waals surface area contributed by atoms with Crippen LogP contribution < -0.4 is 0 Å². The van der Waals surface area contributed by atoms with Gasteiger partial charge in [0, 0.05) is 0 Å². The van der Waals surface area contributed by atoms with Gasteiger partial charge in [-0.05, 0) is 6.58 Å². The molecular formula is C9H2F16O. The van der Waals surface area contributed by atoms with Crippen LogP contribution in [-0.2, 0) is 4.74 Å². The molecule has 1 nitrogen and oxygen atoms in total. The maximum absolute atomic E-state index is 12.0. The van der Waals surface area contributed by atoms with Crippen LogP contribution in [0.4, 0.5) is 70.2 Å². The molecule has 26 heavy (non-hydrogen) atoms. The van der Waals surface area contributed by atoms with Gasteiger partial charge in [0.25, 0.3) is 6.08 Å². The van der Waals surface area contributed by atoms with Gasteiger partial charge >= 0.3 is 42.5 Å². The third kappa shape index (κ3) is 11.5. The Morgan fingerprint density at radius 1 is 0.577 bits per heavy atom. The topological polar surface area (TPSA) is 9.23 Å². The predicted octanol–water partition coefficient (Wildman–Crippen LogP) is 7.22. The minimum absolute atomic E-state index is 1.83. The first kappa shape index (κ1) is 28.7. The Hall–Kier alpha value is -2.10. The zero-order valence-corrected chi connectivity index (χ0v) is 11.2. The van der Waals surface area contributed by atoms with Gasteiger partial charge in [0.15, 0.2) is 0 Å². The van der Waals surface area contributed by atoms with E-state index in [-0.39, 0.29) is 0 Å². The van der Waals surface area contributed by atoms with Gasteiger partial charge in [-0.1, -0.05) is 0 Å². The van der Waals surface area contributed by atoms with E-state index in [1.807, 2.05) is 4.74 Å². The largest absolute Gasteiger partial charge is 0.476 e. The van der Waals surface area contributed by atoms with Gasteiger partial charge < -0.3 is 4.74 Å². The number of ether oxygens (including phenoxy) is 1. The van der Waals surface area contributed by atoms with Crippen LogP contribution in [0.5, 0.6) is 0 Å². The van der Waals surface area contributed by atoms with Gasteiger partial charge in [-0.15, -0.1) is 0 Å². The van der Waals surface area contributed by atoms with E-state index in [1.54, 1.807) is 0 Å². The summed E-state index contributed by atoms with van der Waals surface area (Å²) in [5.74, 6) is -6.81. The Kier molecular flexibility index (Phi) is 11.9. The predicted molar refractivity (Wildman–Crippen MR) is 50.2 cm³/mol. The molecule has 0 saturated carbocycles. The normalized spacial score (nSPS) is 11.2. The Balaban J connectivity index is -0.000000434. The van der Waals surface area contributed by atoms with Crippen LogP contribution >= 0.6 is 0 Å². The first-order valence-corrected chi connectivity index (χ1v) is 4.79. The van der Waals surface area contributed by atoms with Gasteiger partial charge in [-0.2, -0.15) is 70.2 Å². The van der Waals surface area contributed by atoms with E-state index in [2.05, 4.69) is 6.58 Å². The van der Waals surface area contributed by atoms with E-state index in [1.165, 1.54) is 0 Å². The van der Waals surface area contributed by atoms with Gasteiger partial charge in [0.05, 0.1) is 0 Å². The van der Waals surface area contributed by atoms with E-state index in [0.717, 1.165) is 0 Å². The fourth-order valence-electron chi connectivity index (χ4n) is 0.380. The van der Waals surface area contributed by atoms with E-state index in [9.17, 15) is 70.2 Å². The lowest BCUT2D eigenvalue weighted by Gasteiger charge is -2.26. The highest BCUT2D eigenvalue weighted by molar-refractivity contribution is 4.90. The summed E-state index contributed by atoms with van der Waals surface area (Å²) >= 11 is 0. The second-order valence-electron chi connectivity index (χ2n) is 3.08. The number of halogens is 16. The van der Waals surface area contributed by atoms with Crippen molar-refractivity contribution in [3.05, 3.63) is 36.9 Å². The molecule has 17 heteroatoms. The molecule has 0 unspecified atom stereocenters. The maximum Gasteiger partial charge on any atom is 0.476 e. The monoisotopic (exact) mass is 430 g/mol. The van der Waals surface area contributed by atoms with Crippen molar-refractivity contribution in [3.8, 4) is 0 Å². The van der Waals surface area contributed by atoms with E-state index in [4.69, 9.17) is 0 Å². The van der Waals surface area contributed by atoms with Crippen LogP contribution in [0.15, 0.2) is 36.9 Å². The molecule has 0 amide bonds. The molecule has 0 spiro atoms. The fourth-order valence-corrected chi connectivity index (χ4v) is 0.380. The zero-order chi connectivity index (χ0) is 22.1. The molecule has 0 aliphatic rings. The number of alkyl halides is 7. The molecule has 156 valence electrons. The first-order chi connectivity index (χ1) is 11.2. The highest BCUT2D eigenvalue weighted by atomic mass is 19.4. The van der Waals surface area contributed by atoms with Crippen LogP contribution in [0.3, 0.4) is 0 Å². The highest BCUT2D eigenvalue weighted by Gasteiger charge is 2.76. The lowest BCUT2D eigenvalue weighted by atomic mass is 10.3. The van der Waals surface area contributed by atoms with Crippen LogP contribution in [0.1, 0.15) is 0 Å². The summed E-state index contributed by atoms with van der Waals surface area (Å²) in [5, 5.41) is 0. The molecule has 0 rings (SSSR count). The Bertz CT molecular complexity index is 488. The molecule has 0 atom stereocenters. The molecular weight excluding hydrogens is 428 g/mol. The summed E-state index contributed by atoms with van der Waals surface area (Å²) in [4.78, 5) is 0. The molecule has 0 aliphatic heterocycles. The van der Waals surface area contributed by atoms with Crippen molar-refractivity contribution in [2.75, 3.05) is 0 Å². The first-order valence-electron chi connectivity index (χ1n) is 4.79. The molecule has 0 saturated heterocycles. The van der Waals surface area contributed by atoms with Crippen LogP contribution in [0.25, 0.3) is 0 Å². The third-order valence-corrected chi connectivity index (χ3v) is 1.23. The molecule has 0 aromatic rings. The Labute approximate surface area is 131 Å². The summed E-state index contributed by atoms with van der Waals surface area (Å²) < 4.78 is 179. The highest BCUT2D eigenvalue weighted by Crippen LogP contribution is 2.48. The second-order valence-corrected chi connectivity index (χ2v) is 3.08. The lowest BCUT2D eigenvalue weighted by molar-refractivity contribution is -0.419. The quantitative estimate of drug-likeness (QED) is 0.340. The third-order valence-electron chi connectivity index (χ3n) is 1.23. The van der Waals surface area contributed by atoms with Gasteiger partial charge in [0.1, 0.15) is 0 Å². The molecule has 0 aromatic carbocycles. The van der Waals surface area contributed by atoms with E-state index < -0.39 is 48.5 Å². The lowest BCUT2D eigenvalue weighted by Crippen LogP contribution is -2.53. The van der Waals surface area contributed by atoms with Crippen molar-refractivity contribution in [1.29, 1.82) is 0 Å². The van der Waals surface area contributed by atoms with Crippen LogP contribution in [0, 0.1) is 0 Å². The van der Waals surface area contributed by atoms with Crippen molar-refractivity contribution >= 4 is 0 Å². The molecule has 0 radical (unpaired) electrons. The van der Waals surface area contributed by atoms with E-state index >= 15 is 0 Å². The van der Waals surface area contributed by atoms with Crippen LogP contribution in [-0.4, -0.2) is 18.2 Å². The van der Waals surface area contributed by atoms with Gasteiger partial charge in [-0.25, -0.2) is 0 Å². The summed E-state index contributed by atoms with van der Waals surface area (Å²) in [6.07, 6.45) is -24.5. The Morgan fingerprint density at radius 2 is 0.846 bits per heavy atom. The molecule has 0 aliphatic carbocycles. The minimum Gasteiger partial charge on any atom is -0.397 e. The van der Waals surface area contributed by atoms with Crippen molar-refractivity contribution in [1.82, 2.24) is 0 Å². The number of hydrogen-bond donors (Lipinski definition) is 0. The maximum atomic E-state index is 12.0. The molecule has 0 fully saturated rings. The van der Waals surface area contributed by atoms with Crippen molar-refractivity contribution in [2.24, 2.45) is 0 Å². The smallest absolute Gasteiger partial charge is 0.397 e. The zero-order valence-electron chi connectivity index (χ0n) is 11.2. The van der Waals surface area contributed by atoms with Gasteiger partial charge in [-0.3, -0.25) is 0 Å². The minimum atomic E-state index is -6.81. The molecule has 0 N–H and O–H groups in total. The summed E-state index contributed by atoms with van der Waals surface area (Å²) in [7, 11) is 0. The summed E-state index contributed by atoms with van der Waals surface area (Å²) in [6, 6.07) is -3.52. The Morgan fingerprint density at radius 3 is 1.00 bits per heavy atom.